The molecule has 1 saturated heterocycles. The molecule has 1 aliphatic rings. The Hall–Kier alpha value is -3.14. The number of hydrogen-bond donors (Lipinski definition) is 1. The van der Waals surface area contributed by atoms with Crippen molar-refractivity contribution in [3.63, 3.8) is 0 Å². The molecule has 4 rings (SSSR count). The highest BCUT2D eigenvalue weighted by Crippen LogP contribution is 2.34. The molecular formula is C22H22ClF3N6O. The number of nitrogens with zero attached hydrogens (tertiary/aromatic N) is 5. The third kappa shape index (κ3) is 5.11. The van der Waals surface area contributed by atoms with Gasteiger partial charge in [-0.15, -0.1) is 10.2 Å². The fraction of sp³-hybridized carbons (Fsp3) is 0.364. The van der Waals surface area contributed by atoms with Gasteiger partial charge in [-0.2, -0.15) is 18.3 Å². The number of nitrogens with one attached hydrogen (secondary N) is 1. The van der Waals surface area contributed by atoms with Gasteiger partial charge in [0.2, 0.25) is 5.91 Å². The summed E-state index contributed by atoms with van der Waals surface area (Å²) in [6.45, 7) is 4.90. The van der Waals surface area contributed by atoms with Gasteiger partial charge in [0, 0.05) is 18.8 Å². The van der Waals surface area contributed by atoms with Gasteiger partial charge in [-0.25, -0.2) is 4.68 Å². The van der Waals surface area contributed by atoms with Crippen molar-refractivity contribution in [3.05, 3.63) is 58.4 Å². The van der Waals surface area contributed by atoms with E-state index in [0.29, 0.717) is 31.1 Å². The minimum atomic E-state index is -4.52. The number of aromatic nitrogens is 4. The highest BCUT2D eigenvalue weighted by atomic mass is 35.5. The smallest absolute Gasteiger partial charge is 0.354 e. The third-order valence-electron chi connectivity index (χ3n) is 5.53. The summed E-state index contributed by atoms with van der Waals surface area (Å²) in [6.07, 6.45) is -3.19. The van der Waals surface area contributed by atoms with E-state index >= 15 is 0 Å². The fourth-order valence-electron chi connectivity index (χ4n) is 3.89. The molecule has 3 aromatic rings. The lowest BCUT2D eigenvalue weighted by molar-refractivity contribution is -0.137. The van der Waals surface area contributed by atoms with E-state index in [1.54, 1.807) is 4.68 Å². The first-order chi connectivity index (χ1) is 15.6. The van der Waals surface area contributed by atoms with Gasteiger partial charge >= 0.3 is 6.18 Å². The summed E-state index contributed by atoms with van der Waals surface area (Å²) in [5.41, 5.74) is 0.898. The lowest BCUT2D eigenvalue weighted by atomic mass is 9.97. The molecule has 0 radical (unpaired) electrons. The van der Waals surface area contributed by atoms with Crippen molar-refractivity contribution in [3.8, 4) is 5.82 Å². The van der Waals surface area contributed by atoms with Crippen molar-refractivity contribution in [2.75, 3.05) is 23.3 Å². The van der Waals surface area contributed by atoms with E-state index in [9.17, 15) is 18.0 Å². The van der Waals surface area contributed by atoms with Crippen LogP contribution in [0.25, 0.3) is 5.82 Å². The highest BCUT2D eigenvalue weighted by molar-refractivity contribution is 6.33. The van der Waals surface area contributed by atoms with Crippen LogP contribution in [0, 0.1) is 19.8 Å². The van der Waals surface area contributed by atoms with Gasteiger partial charge in [0.05, 0.1) is 27.9 Å². The molecule has 0 spiro atoms. The molecular weight excluding hydrogens is 457 g/mol. The van der Waals surface area contributed by atoms with Crippen molar-refractivity contribution in [1.82, 2.24) is 20.0 Å². The number of halogens is 4. The van der Waals surface area contributed by atoms with Gasteiger partial charge in [-0.1, -0.05) is 11.6 Å². The van der Waals surface area contributed by atoms with E-state index in [4.69, 9.17) is 11.6 Å². The van der Waals surface area contributed by atoms with E-state index in [0.717, 1.165) is 36.0 Å². The summed E-state index contributed by atoms with van der Waals surface area (Å²) in [7, 11) is 0. The quantitative estimate of drug-likeness (QED) is 0.582. The Bertz CT molecular complexity index is 1160. The predicted molar refractivity (Wildman–Crippen MR) is 119 cm³/mol. The standard InChI is InChI=1S/C22H22ClF3N6O/c1-13-10-14(2)32(30-13)20-8-7-19(28-29-20)31-9-3-4-15(12-31)21(33)27-18-11-16(22(24,25)26)5-6-17(18)23/h5-8,10-11,15H,3-4,9,12H2,1-2H3,(H,27,33). The number of aryl methyl sites for hydroxylation is 2. The number of piperidine rings is 1. The second-order valence-electron chi connectivity index (χ2n) is 8.06. The second kappa shape index (κ2) is 9.01. The van der Waals surface area contributed by atoms with Crippen LogP contribution in [0.4, 0.5) is 24.7 Å². The molecule has 1 amide bonds. The van der Waals surface area contributed by atoms with E-state index in [2.05, 4.69) is 20.6 Å². The zero-order valence-corrected chi connectivity index (χ0v) is 18.8. The van der Waals surface area contributed by atoms with Gasteiger partial charge in [0.15, 0.2) is 11.6 Å². The molecule has 1 unspecified atom stereocenters. The maximum absolute atomic E-state index is 13.0. The van der Waals surface area contributed by atoms with Crippen molar-refractivity contribution >= 4 is 29.0 Å². The van der Waals surface area contributed by atoms with Gasteiger partial charge in [0.25, 0.3) is 0 Å². The minimum Gasteiger partial charge on any atom is -0.354 e. The molecule has 0 bridgehead atoms. The summed E-state index contributed by atoms with van der Waals surface area (Å²) < 4.78 is 40.7. The Morgan fingerprint density at radius 1 is 1.12 bits per heavy atom. The van der Waals surface area contributed by atoms with Crippen LogP contribution in [0.2, 0.25) is 5.02 Å². The molecule has 1 fully saturated rings. The van der Waals surface area contributed by atoms with Crippen LogP contribution in [0.3, 0.4) is 0 Å². The van der Waals surface area contributed by atoms with Crippen LogP contribution in [0.15, 0.2) is 36.4 Å². The molecule has 0 saturated carbocycles. The van der Waals surface area contributed by atoms with Crippen LogP contribution in [0.1, 0.15) is 29.8 Å². The van der Waals surface area contributed by atoms with Gasteiger partial charge in [0.1, 0.15) is 0 Å². The van der Waals surface area contributed by atoms with Crippen molar-refractivity contribution in [2.45, 2.75) is 32.9 Å². The van der Waals surface area contributed by atoms with Gasteiger partial charge < -0.3 is 10.2 Å². The topological polar surface area (TPSA) is 75.9 Å². The predicted octanol–water partition coefficient (Wildman–Crippen LogP) is 4.81. The van der Waals surface area contributed by atoms with Crippen LogP contribution >= 0.6 is 11.6 Å². The maximum Gasteiger partial charge on any atom is 0.416 e. The normalized spacial score (nSPS) is 16.7. The second-order valence-corrected chi connectivity index (χ2v) is 8.46. The number of carbonyl (C=O) groups excluding carboxylic acids is 1. The van der Waals surface area contributed by atoms with Gasteiger partial charge in [-0.3, -0.25) is 4.79 Å². The molecule has 33 heavy (non-hydrogen) atoms. The third-order valence-corrected chi connectivity index (χ3v) is 5.86. The van der Waals surface area contributed by atoms with Crippen LogP contribution < -0.4 is 10.2 Å². The summed E-state index contributed by atoms with van der Waals surface area (Å²) in [6, 6.07) is 8.45. The lowest BCUT2D eigenvalue weighted by Gasteiger charge is -2.32. The first kappa shape index (κ1) is 23.0. The molecule has 0 aliphatic carbocycles. The number of amides is 1. The molecule has 2 aromatic heterocycles. The summed E-state index contributed by atoms with van der Waals surface area (Å²) >= 11 is 6.01. The Balaban J connectivity index is 1.45. The van der Waals surface area contributed by atoms with E-state index < -0.39 is 17.7 Å². The molecule has 174 valence electrons. The Morgan fingerprint density at radius 2 is 1.85 bits per heavy atom. The SMILES string of the molecule is Cc1cc(C)n(-c2ccc(N3CCCC(C(=O)Nc4cc(C(F)(F)F)ccc4Cl)C3)nn2)n1. The molecule has 1 N–H and O–H groups in total. The summed E-state index contributed by atoms with van der Waals surface area (Å²) in [4.78, 5) is 14.8. The number of rotatable bonds is 4. The number of benzene rings is 1. The van der Waals surface area contributed by atoms with E-state index in [-0.39, 0.29) is 16.6 Å². The molecule has 1 aromatic carbocycles. The zero-order valence-electron chi connectivity index (χ0n) is 18.0. The summed E-state index contributed by atoms with van der Waals surface area (Å²) in [5, 5.41) is 15.6. The monoisotopic (exact) mass is 478 g/mol. The van der Waals surface area contributed by atoms with Crippen LogP contribution in [-0.2, 0) is 11.0 Å². The number of carbonyl (C=O) groups is 1. The highest BCUT2D eigenvalue weighted by Gasteiger charge is 2.32. The maximum atomic E-state index is 13.0. The minimum absolute atomic E-state index is 0.0506. The van der Waals surface area contributed by atoms with Crippen LogP contribution in [0.5, 0.6) is 0 Å². The average molecular weight is 479 g/mol. The number of alkyl halides is 3. The molecule has 7 nitrogen and oxygen atoms in total. The number of hydrogen-bond acceptors (Lipinski definition) is 5. The van der Waals surface area contributed by atoms with E-state index in [1.165, 1.54) is 0 Å². The first-order valence-electron chi connectivity index (χ1n) is 10.4. The Kier molecular flexibility index (Phi) is 6.29. The Morgan fingerprint density at radius 3 is 2.48 bits per heavy atom. The van der Waals surface area contributed by atoms with E-state index in [1.807, 2.05) is 36.9 Å². The average Bonchev–Trinajstić information content (AvgIpc) is 3.12. The number of anilines is 2. The molecule has 3 heterocycles. The lowest BCUT2D eigenvalue weighted by Crippen LogP contribution is -2.41. The molecule has 11 heteroatoms. The fourth-order valence-corrected chi connectivity index (χ4v) is 4.06. The summed E-state index contributed by atoms with van der Waals surface area (Å²) in [5.74, 6) is 0.403. The van der Waals surface area contributed by atoms with Gasteiger partial charge in [-0.05, 0) is 63.1 Å². The van der Waals surface area contributed by atoms with Crippen molar-refractivity contribution < 1.29 is 18.0 Å². The van der Waals surface area contributed by atoms with Crippen molar-refractivity contribution in [2.24, 2.45) is 5.92 Å². The first-order valence-corrected chi connectivity index (χ1v) is 10.8. The molecule has 1 atom stereocenters. The molecule has 1 aliphatic heterocycles. The zero-order chi connectivity index (χ0) is 23.8. The Labute approximate surface area is 193 Å². The van der Waals surface area contributed by atoms with Crippen LogP contribution in [-0.4, -0.2) is 39.0 Å². The largest absolute Gasteiger partial charge is 0.416 e. The van der Waals surface area contributed by atoms with Crippen molar-refractivity contribution in [1.29, 1.82) is 0 Å².